The maximum absolute atomic E-state index is 12.5. The molecule has 0 saturated carbocycles. The molecule has 0 spiro atoms. The van der Waals surface area contributed by atoms with Crippen molar-refractivity contribution in [2.24, 2.45) is 0 Å². The van der Waals surface area contributed by atoms with Gasteiger partial charge in [-0.1, -0.05) is 12.1 Å². The minimum Gasteiger partial charge on any atom is -0.343 e. The predicted molar refractivity (Wildman–Crippen MR) is 104 cm³/mol. The van der Waals surface area contributed by atoms with Crippen LogP contribution in [0, 0.1) is 0 Å². The van der Waals surface area contributed by atoms with E-state index in [1.165, 1.54) is 23.5 Å². The van der Waals surface area contributed by atoms with Crippen LogP contribution in [0.4, 0.5) is 5.69 Å². The number of nitrogens with zero attached hydrogens (tertiary/aromatic N) is 1. The molecule has 1 aromatic carbocycles. The summed E-state index contributed by atoms with van der Waals surface area (Å²) in [6.07, 6.45) is 3.21. The number of benzene rings is 1. The molecule has 0 radical (unpaired) electrons. The van der Waals surface area contributed by atoms with Crippen LogP contribution in [-0.2, 0) is 6.54 Å². The highest BCUT2D eigenvalue weighted by Crippen LogP contribution is 2.44. The number of halogens is 1. The van der Waals surface area contributed by atoms with E-state index in [0.717, 1.165) is 16.7 Å². The normalized spacial score (nSPS) is 15.6. The summed E-state index contributed by atoms with van der Waals surface area (Å²) in [4.78, 5) is 12.5. The van der Waals surface area contributed by atoms with Crippen LogP contribution in [0.2, 0.25) is 0 Å². The van der Waals surface area contributed by atoms with Crippen molar-refractivity contribution in [1.29, 1.82) is 0 Å². The summed E-state index contributed by atoms with van der Waals surface area (Å²) < 4.78 is 3.35. The van der Waals surface area contributed by atoms with Crippen LogP contribution in [0.1, 0.15) is 34.0 Å². The molecular weight excluding hydrogens is 392 g/mol. The van der Waals surface area contributed by atoms with Gasteiger partial charge in [-0.25, -0.2) is 0 Å². The van der Waals surface area contributed by atoms with Gasteiger partial charge in [0.25, 0.3) is 5.91 Å². The summed E-state index contributed by atoms with van der Waals surface area (Å²) in [5.74, 6) is 2.36. The van der Waals surface area contributed by atoms with Gasteiger partial charge < -0.3 is 9.88 Å². The van der Waals surface area contributed by atoms with Crippen molar-refractivity contribution in [3.05, 3.63) is 52.3 Å². The minimum absolute atomic E-state index is 0.0707. The second kappa shape index (κ2) is 7.81. The van der Waals surface area contributed by atoms with Gasteiger partial charge in [-0.05, 0) is 64.5 Å². The summed E-state index contributed by atoms with van der Waals surface area (Å²) >= 11 is 7.41. The number of hydrogen-bond acceptors (Lipinski definition) is 3. The third-order valence-corrected chi connectivity index (χ3v) is 7.13. The SMILES string of the molecule is CCn1cc(Br)cc1C(=O)Nc1cccc(C2SCCCS2)c1. The van der Waals surface area contributed by atoms with Crippen molar-refractivity contribution >= 4 is 51.0 Å². The number of anilines is 1. The summed E-state index contributed by atoms with van der Waals surface area (Å²) in [5, 5.41) is 3.03. The van der Waals surface area contributed by atoms with Crippen molar-refractivity contribution in [2.45, 2.75) is 24.5 Å². The molecule has 2 aromatic rings. The molecule has 3 rings (SSSR count). The van der Waals surface area contributed by atoms with Crippen molar-refractivity contribution in [2.75, 3.05) is 16.8 Å². The zero-order chi connectivity index (χ0) is 16.2. The van der Waals surface area contributed by atoms with E-state index in [4.69, 9.17) is 0 Å². The predicted octanol–water partition coefficient (Wildman–Crippen LogP) is 5.39. The Morgan fingerprint density at radius 1 is 1.35 bits per heavy atom. The number of aromatic nitrogens is 1. The second-order valence-electron chi connectivity index (χ2n) is 5.34. The lowest BCUT2D eigenvalue weighted by Crippen LogP contribution is -2.16. The van der Waals surface area contributed by atoms with E-state index in [1.54, 1.807) is 0 Å². The Kier molecular flexibility index (Phi) is 5.77. The topological polar surface area (TPSA) is 34.0 Å². The summed E-state index contributed by atoms with van der Waals surface area (Å²) in [5.41, 5.74) is 2.81. The molecule has 1 amide bonds. The van der Waals surface area contributed by atoms with Crippen LogP contribution in [0.5, 0.6) is 0 Å². The number of carbonyl (C=O) groups excluding carboxylic acids is 1. The quantitative estimate of drug-likeness (QED) is 0.732. The molecule has 1 aromatic heterocycles. The number of rotatable bonds is 4. The maximum atomic E-state index is 12.5. The third kappa shape index (κ3) is 4.17. The lowest BCUT2D eigenvalue weighted by molar-refractivity contribution is 0.101. The van der Waals surface area contributed by atoms with E-state index < -0.39 is 0 Å². The largest absolute Gasteiger partial charge is 0.343 e. The zero-order valence-corrected chi connectivity index (χ0v) is 16.1. The molecule has 0 atom stereocenters. The van der Waals surface area contributed by atoms with Gasteiger partial charge in [-0.15, -0.1) is 23.5 Å². The Balaban J connectivity index is 1.75. The van der Waals surface area contributed by atoms with Gasteiger partial charge in [0.15, 0.2) is 0 Å². The van der Waals surface area contributed by atoms with Gasteiger partial charge in [0, 0.05) is 22.9 Å². The van der Waals surface area contributed by atoms with Crippen LogP contribution >= 0.6 is 39.5 Å². The highest BCUT2D eigenvalue weighted by molar-refractivity contribution is 9.10. The first-order chi connectivity index (χ1) is 11.2. The van der Waals surface area contributed by atoms with Crippen LogP contribution in [0.25, 0.3) is 0 Å². The van der Waals surface area contributed by atoms with Gasteiger partial charge in [-0.3, -0.25) is 4.79 Å². The molecule has 1 aliphatic rings. The van der Waals surface area contributed by atoms with Crippen molar-refractivity contribution in [3.63, 3.8) is 0 Å². The molecule has 122 valence electrons. The summed E-state index contributed by atoms with van der Waals surface area (Å²) in [6, 6.07) is 10.1. The molecular formula is C17H19BrN2OS2. The Labute approximate surface area is 153 Å². The molecule has 1 saturated heterocycles. The van der Waals surface area contributed by atoms with Gasteiger partial charge in [-0.2, -0.15) is 0 Å². The van der Waals surface area contributed by atoms with Gasteiger partial charge in [0.2, 0.25) is 0 Å². The fourth-order valence-electron chi connectivity index (χ4n) is 2.57. The van der Waals surface area contributed by atoms with E-state index in [0.29, 0.717) is 10.3 Å². The van der Waals surface area contributed by atoms with Gasteiger partial charge in [0.1, 0.15) is 5.69 Å². The van der Waals surface area contributed by atoms with E-state index in [1.807, 2.05) is 59.4 Å². The molecule has 1 aliphatic heterocycles. The number of nitrogens with one attached hydrogen (secondary N) is 1. The van der Waals surface area contributed by atoms with E-state index in [-0.39, 0.29) is 5.91 Å². The smallest absolute Gasteiger partial charge is 0.272 e. The molecule has 6 heteroatoms. The highest BCUT2D eigenvalue weighted by Gasteiger charge is 2.18. The first-order valence-electron chi connectivity index (χ1n) is 7.67. The molecule has 2 heterocycles. The molecule has 0 aliphatic carbocycles. The molecule has 1 fully saturated rings. The van der Waals surface area contributed by atoms with Crippen molar-refractivity contribution in [1.82, 2.24) is 4.57 Å². The van der Waals surface area contributed by atoms with Crippen LogP contribution < -0.4 is 5.32 Å². The number of hydrogen-bond donors (Lipinski definition) is 1. The van der Waals surface area contributed by atoms with E-state index >= 15 is 0 Å². The zero-order valence-electron chi connectivity index (χ0n) is 12.9. The average molecular weight is 411 g/mol. The lowest BCUT2D eigenvalue weighted by atomic mass is 10.2. The monoisotopic (exact) mass is 410 g/mol. The van der Waals surface area contributed by atoms with Gasteiger partial charge in [0.05, 0.1) is 4.58 Å². The number of aryl methyl sites for hydroxylation is 1. The Bertz CT molecular complexity index is 696. The van der Waals surface area contributed by atoms with E-state index in [2.05, 4.69) is 33.4 Å². The standard InChI is InChI=1S/C17H19BrN2OS2/c1-2-20-11-13(18)10-15(20)16(21)19-14-6-3-5-12(9-14)17-22-7-4-8-23-17/h3,5-6,9-11,17H,2,4,7-8H2,1H3,(H,19,21). The van der Waals surface area contributed by atoms with Gasteiger partial charge >= 0.3 is 0 Å². The molecule has 0 bridgehead atoms. The molecule has 1 N–H and O–H groups in total. The number of carbonyl (C=O) groups is 1. The lowest BCUT2D eigenvalue weighted by Gasteiger charge is -2.21. The van der Waals surface area contributed by atoms with Crippen LogP contribution in [0.3, 0.4) is 0 Å². The fourth-order valence-corrected chi connectivity index (χ4v) is 5.90. The second-order valence-corrected chi connectivity index (χ2v) is 8.98. The molecule has 3 nitrogen and oxygen atoms in total. The summed E-state index contributed by atoms with van der Waals surface area (Å²) in [6.45, 7) is 2.80. The first-order valence-corrected chi connectivity index (χ1v) is 10.6. The Morgan fingerprint density at radius 2 is 2.13 bits per heavy atom. The number of amides is 1. The van der Waals surface area contributed by atoms with Crippen LogP contribution in [-0.4, -0.2) is 22.0 Å². The highest BCUT2D eigenvalue weighted by atomic mass is 79.9. The van der Waals surface area contributed by atoms with E-state index in [9.17, 15) is 4.79 Å². The maximum Gasteiger partial charge on any atom is 0.272 e. The average Bonchev–Trinajstić information content (AvgIpc) is 2.97. The summed E-state index contributed by atoms with van der Waals surface area (Å²) in [7, 11) is 0. The fraction of sp³-hybridized carbons (Fsp3) is 0.353. The Morgan fingerprint density at radius 3 is 2.87 bits per heavy atom. The Hall–Kier alpha value is -0.850. The first kappa shape index (κ1) is 17.0. The number of thioether (sulfide) groups is 2. The van der Waals surface area contributed by atoms with Crippen LogP contribution in [0.15, 0.2) is 41.0 Å². The van der Waals surface area contributed by atoms with Crippen molar-refractivity contribution < 1.29 is 4.79 Å². The molecule has 23 heavy (non-hydrogen) atoms. The third-order valence-electron chi connectivity index (χ3n) is 3.68. The minimum atomic E-state index is -0.0707. The van der Waals surface area contributed by atoms with Crippen molar-refractivity contribution in [3.8, 4) is 0 Å². The molecule has 0 unspecified atom stereocenters.